The predicted octanol–water partition coefficient (Wildman–Crippen LogP) is 3.94. The first kappa shape index (κ1) is 15.8. The number of imidazole rings is 1. The second kappa shape index (κ2) is 6.06. The van der Waals surface area contributed by atoms with Crippen LogP contribution in [-0.4, -0.2) is 22.1 Å². The average molecular weight is 309 g/mol. The first-order valence-corrected chi connectivity index (χ1v) is 7.63. The van der Waals surface area contributed by atoms with Crippen molar-refractivity contribution in [3.8, 4) is 0 Å². The summed E-state index contributed by atoms with van der Waals surface area (Å²) in [6.45, 7) is 8.75. The van der Waals surface area contributed by atoms with Gasteiger partial charge in [-0.05, 0) is 45.4 Å². The van der Waals surface area contributed by atoms with Gasteiger partial charge in [-0.25, -0.2) is 4.98 Å². The lowest BCUT2D eigenvalue weighted by Crippen LogP contribution is -2.34. The summed E-state index contributed by atoms with van der Waals surface area (Å²) in [4.78, 5) is 16.9. The molecule has 0 saturated heterocycles. The van der Waals surface area contributed by atoms with Crippen molar-refractivity contribution in [1.29, 1.82) is 0 Å². The van der Waals surface area contributed by atoms with Crippen LogP contribution in [0.3, 0.4) is 0 Å². The molecule has 0 spiro atoms. The molecule has 1 aromatic heterocycles. The number of nitrogens with zero attached hydrogens (tertiary/aromatic N) is 2. The summed E-state index contributed by atoms with van der Waals surface area (Å²) < 4.78 is 7.26. The summed E-state index contributed by atoms with van der Waals surface area (Å²) in [5, 5.41) is 0.667. The van der Waals surface area contributed by atoms with E-state index in [4.69, 9.17) is 16.3 Å². The molecular weight excluding hydrogens is 288 g/mol. The minimum absolute atomic E-state index is 0.260. The van der Waals surface area contributed by atoms with E-state index in [1.54, 1.807) is 0 Å². The van der Waals surface area contributed by atoms with E-state index in [2.05, 4.69) is 16.5 Å². The van der Waals surface area contributed by atoms with Gasteiger partial charge < -0.3 is 9.30 Å². The summed E-state index contributed by atoms with van der Waals surface area (Å²) in [6, 6.07) is 5.59. The number of rotatable bonds is 5. The number of hydrogen-bond acceptors (Lipinski definition) is 3. The van der Waals surface area contributed by atoms with E-state index in [9.17, 15) is 4.79 Å². The summed E-state index contributed by atoms with van der Waals surface area (Å²) in [6.07, 6.45) is 0.948. The van der Waals surface area contributed by atoms with Crippen molar-refractivity contribution < 1.29 is 9.53 Å². The van der Waals surface area contributed by atoms with Crippen molar-refractivity contribution >= 4 is 28.6 Å². The van der Waals surface area contributed by atoms with Crippen LogP contribution in [0.1, 0.15) is 39.9 Å². The minimum atomic E-state index is -0.795. The molecular formula is C16H21ClN2O2. The molecule has 0 N–H and O–H groups in total. The molecule has 0 unspecified atom stereocenters. The smallest absolute Gasteiger partial charge is 0.319 e. The summed E-state index contributed by atoms with van der Waals surface area (Å²) in [5.74, 6) is 0.462. The lowest BCUT2D eigenvalue weighted by molar-refractivity contribution is -0.149. The van der Waals surface area contributed by atoms with Gasteiger partial charge in [-0.2, -0.15) is 0 Å². The lowest BCUT2D eigenvalue weighted by Gasteiger charge is -2.23. The highest BCUT2D eigenvalue weighted by Crippen LogP contribution is 2.29. The molecule has 4 nitrogen and oxygen atoms in total. The van der Waals surface area contributed by atoms with Crippen molar-refractivity contribution in [2.45, 2.75) is 46.1 Å². The van der Waals surface area contributed by atoms with Crippen molar-refractivity contribution in [3.63, 3.8) is 0 Å². The van der Waals surface area contributed by atoms with Crippen molar-refractivity contribution in [1.82, 2.24) is 9.55 Å². The fourth-order valence-corrected chi connectivity index (χ4v) is 2.59. The second-order valence-corrected chi connectivity index (χ2v) is 6.00. The molecule has 0 saturated carbocycles. The summed E-state index contributed by atoms with van der Waals surface area (Å²) in [5.41, 5.74) is 1.01. The van der Waals surface area contributed by atoms with Gasteiger partial charge in [-0.15, -0.1) is 0 Å². The van der Waals surface area contributed by atoms with E-state index in [0.29, 0.717) is 11.6 Å². The molecule has 0 bridgehead atoms. The monoisotopic (exact) mass is 308 g/mol. The Labute approximate surface area is 130 Å². The molecule has 0 amide bonds. The quantitative estimate of drug-likeness (QED) is 0.786. The van der Waals surface area contributed by atoms with Crippen LogP contribution in [0.2, 0.25) is 5.02 Å². The highest BCUT2D eigenvalue weighted by atomic mass is 35.5. The molecule has 5 heteroatoms. The van der Waals surface area contributed by atoms with E-state index in [1.807, 2.05) is 39.0 Å². The Hall–Kier alpha value is -1.55. The molecule has 114 valence electrons. The Bertz CT molecular complexity index is 662. The third-order valence-corrected chi connectivity index (χ3v) is 3.74. The molecule has 2 rings (SSSR count). The first-order valence-electron chi connectivity index (χ1n) is 7.25. The minimum Gasteiger partial charge on any atom is -0.465 e. The van der Waals surface area contributed by atoms with Crippen LogP contribution in [0.25, 0.3) is 11.0 Å². The number of hydrogen-bond donors (Lipinski definition) is 0. The molecule has 2 aromatic rings. The van der Waals surface area contributed by atoms with Crippen LogP contribution >= 0.6 is 11.6 Å². The van der Waals surface area contributed by atoms with Crippen LogP contribution in [0.4, 0.5) is 0 Å². The maximum Gasteiger partial charge on any atom is 0.319 e. The Morgan fingerprint density at radius 1 is 1.38 bits per heavy atom. The van der Waals surface area contributed by atoms with Crippen LogP contribution in [0.15, 0.2) is 18.2 Å². The van der Waals surface area contributed by atoms with Crippen molar-refractivity contribution in [2.24, 2.45) is 0 Å². The number of halogens is 1. The maximum absolute atomic E-state index is 12.3. The Balaban J connectivity index is 2.62. The zero-order valence-electron chi connectivity index (χ0n) is 12.9. The van der Waals surface area contributed by atoms with E-state index >= 15 is 0 Å². The predicted molar refractivity (Wildman–Crippen MR) is 84.7 cm³/mol. The van der Waals surface area contributed by atoms with Gasteiger partial charge in [-0.3, -0.25) is 4.79 Å². The number of benzene rings is 1. The van der Waals surface area contributed by atoms with Gasteiger partial charge in [-0.1, -0.05) is 18.5 Å². The van der Waals surface area contributed by atoms with E-state index < -0.39 is 5.41 Å². The average Bonchev–Trinajstić information content (AvgIpc) is 2.78. The molecule has 0 aliphatic rings. The number of aromatic nitrogens is 2. The fourth-order valence-electron chi connectivity index (χ4n) is 2.43. The standard InChI is InChI=1S/C16H21ClN2O2/c1-5-9-19-13-10-11(17)7-8-12(13)18-14(19)16(3,4)15(20)21-6-2/h7-8,10H,5-6,9H2,1-4H3. The number of fused-ring (bicyclic) bond motifs is 1. The zero-order valence-corrected chi connectivity index (χ0v) is 13.7. The van der Waals surface area contributed by atoms with Gasteiger partial charge in [0.15, 0.2) is 0 Å². The Morgan fingerprint density at radius 3 is 2.71 bits per heavy atom. The molecule has 1 aromatic carbocycles. The van der Waals surface area contributed by atoms with Gasteiger partial charge in [0.1, 0.15) is 11.2 Å². The highest BCUT2D eigenvalue weighted by molar-refractivity contribution is 6.31. The third-order valence-electron chi connectivity index (χ3n) is 3.50. The lowest BCUT2D eigenvalue weighted by atomic mass is 9.92. The fraction of sp³-hybridized carbons (Fsp3) is 0.500. The van der Waals surface area contributed by atoms with Gasteiger partial charge in [0.2, 0.25) is 0 Å². The van der Waals surface area contributed by atoms with Gasteiger partial charge >= 0.3 is 5.97 Å². The number of carbonyl (C=O) groups excluding carboxylic acids is 1. The number of aryl methyl sites for hydroxylation is 1. The Kier molecular flexibility index (Phi) is 4.57. The first-order chi connectivity index (χ1) is 9.91. The largest absolute Gasteiger partial charge is 0.465 e. The molecule has 0 radical (unpaired) electrons. The number of carbonyl (C=O) groups is 1. The Morgan fingerprint density at radius 2 is 2.10 bits per heavy atom. The SMILES string of the molecule is CCCn1c(C(C)(C)C(=O)OCC)nc2ccc(Cl)cc21. The number of ether oxygens (including phenoxy) is 1. The molecule has 0 aliphatic heterocycles. The summed E-state index contributed by atoms with van der Waals surface area (Å²) >= 11 is 6.09. The van der Waals surface area contributed by atoms with E-state index in [-0.39, 0.29) is 5.97 Å². The number of esters is 1. The maximum atomic E-state index is 12.3. The second-order valence-electron chi connectivity index (χ2n) is 5.57. The topological polar surface area (TPSA) is 44.1 Å². The summed E-state index contributed by atoms with van der Waals surface area (Å²) in [7, 11) is 0. The molecule has 0 fully saturated rings. The zero-order chi connectivity index (χ0) is 15.6. The van der Waals surface area contributed by atoms with Gasteiger partial charge in [0, 0.05) is 11.6 Å². The van der Waals surface area contributed by atoms with E-state index in [0.717, 1.165) is 29.8 Å². The molecule has 21 heavy (non-hydrogen) atoms. The molecule has 0 aliphatic carbocycles. The molecule has 1 heterocycles. The molecule has 0 atom stereocenters. The van der Waals surface area contributed by atoms with Crippen LogP contribution in [0.5, 0.6) is 0 Å². The van der Waals surface area contributed by atoms with Crippen LogP contribution < -0.4 is 0 Å². The van der Waals surface area contributed by atoms with Gasteiger partial charge in [0.05, 0.1) is 17.6 Å². The van der Waals surface area contributed by atoms with Gasteiger partial charge in [0.25, 0.3) is 0 Å². The van der Waals surface area contributed by atoms with Crippen molar-refractivity contribution in [3.05, 3.63) is 29.0 Å². The normalized spacial score (nSPS) is 11.9. The van der Waals surface area contributed by atoms with Crippen LogP contribution in [-0.2, 0) is 21.5 Å². The van der Waals surface area contributed by atoms with Crippen LogP contribution in [0, 0.1) is 0 Å². The third kappa shape index (κ3) is 2.91. The highest BCUT2D eigenvalue weighted by Gasteiger charge is 2.36. The van der Waals surface area contributed by atoms with E-state index in [1.165, 1.54) is 0 Å². The van der Waals surface area contributed by atoms with Crippen molar-refractivity contribution in [2.75, 3.05) is 6.61 Å².